The van der Waals surface area contributed by atoms with Crippen molar-refractivity contribution >= 4 is 28.8 Å². The summed E-state index contributed by atoms with van der Waals surface area (Å²) in [5, 5.41) is 20.9. The molecule has 1 aromatic carbocycles. The number of carbonyl (C=O) groups is 1. The normalized spacial score (nSPS) is 12.1. The van der Waals surface area contributed by atoms with Crippen molar-refractivity contribution in [3.63, 3.8) is 0 Å². The first-order chi connectivity index (χ1) is 13.1. The van der Waals surface area contributed by atoms with Crippen molar-refractivity contribution in [2.45, 2.75) is 25.7 Å². The van der Waals surface area contributed by atoms with Crippen LogP contribution in [0.1, 0.15) is 40.4 Å². The van der Waals surface area contributed by atoms with Crippen LogP contribution >= 0.6 is 22.9 Å². The number of aliphatic hydroxyl groups is 1. The molecule has 1 unspecified atom stereocenters. The summed E-state index contributed by atoms with van der Waals surface area (Å²) in [4.78, 5) is 12.8. The number of hydrogen-bond donors (Lipinski definition) is 2. The van der Waals surface area contributed by atoms with Gasteiger partial charge < -0.3 is 14.9 Å². The number of thiophene rings is 1. The monoisotopic (exact) mass is 404 g/mol. The summed E-state index contributed by atoms with van der Waals surface area (Å²) in [6.45, 7) is 2.32. The van der Waals surface area contributed by atoms with Crippen LogP contribution in [-0.4, -0.2) is 29.3 Å². The molecule has 3 rings (SSSR count). The van der Waals surface area contributed by atoms with Gasteiger partial charge in [-0.2, -0.15) is 11.3 Å². The molecule has 0 bridgehead atoms. The Labute approximate surface area is 167 Å². The molecule has 2 aromatic heterocycles. The van der Waals surface area contributed by atoms with Crippen molar-refractivity contribution in [3.8, 4) is 11.3 Å². The van der Waals surface area contributed by atoms with Crippen LogP contribution in [0.3, 0.4) is 0 Å². The van der Waals surface area contributed by atoms with Gasteiger partial charge in [0.1, 0.15) is 17.0 Å². The molecule has 5 nitrogen and oxygen atoms in total. The van der Waals surface area contributed by atoms with E-state index < -0.39 is 0 Å². The highest BCUT2D eigenvalue weighted by Gasteiger charge is 2.23. The Hall–Kier alpha value is -2.15. The zero-order valence-corrected chi connectivity index (χ0v) is 16.5. The molecule has 1 atom stereocenters. The Morgan fingerprint density at radius 3 is 2.85 bits per heavy atom. The largest absolute Gasteiger partial charge is 0.396 e. The summed E-state index contributed by atoms with van der Waals surface area (Å²) < 4.78 is 5.25. The van der Waals surface area contributed by atoms with Crippen molar-refractivity contribution in [2.75, 3.05) is 13.2 Å². The van der Waals surface area contributed by atoms with Gasteiger partial charge >= 0.3 is 0 Å². The van der Waals surface area contributed by atoms with Gasteiger partial charge in [0.2, 0.25) is 0 Å². The van der Waals surface area contributed by atoms with Crippen LogP contribution in [0, 0.1) is 6.92 Å². The molecule has 0 aliphatic carbocycles. The minimum absolute atomic E-state index is 0.121. The fourth-order valence-electron chi connectivity index (χ4n) is 3.07. The quantitative estimate of drug-likeness (QED) is 0.573. The average molecular weight is 405 g/mol. The predicted octanol–water partition coefficient (Wildman–Crippen LogP) is 4.65. The standard InChI is InChI=1S/C20H21ClN2O3S/c1-13-18(19(23-26-13)16-4-2-3-5-17(16)21)20(25)22-9-6-14(7-10-24)15-8-11-27-12-15/h2-5,8,11-12,14,24H,6-7,9-10H2,1H3,(H,22,25). The summed E-state index contributed by atoms with van der Waals surface area (Å²) in [5.74, 6) is 0.428. The topological polar surface area (TPSA) is 75.4 Å². The molecule has 0 aliphatic heterocycles. The molecular weight excluding hydrogens is 384 g/mol. The molecule has 0 spiro atoms. The van der Waals surface area contributed by atoms with Gasteiger partial charge in [-0.3, -0.25) is 4.79 Å². The average Bonchev–Trinajstić information content (AvgIpc) is 3.31. The van der Waals surface area contributed by atoms with Crippen LogP contribution in [0.2, 0.25) is 5.02 Å². The Bertz CT molecular complexity index is 893. The first-order valence-electron chi connectivity index (χ1n) is 8.74. The first-order valence-corrected chi connectivity index (χ1v) is 10.1. The summed E-state index contributed by atoms with van der Waals surface area (Å²) >= 11 is 7.88. The van der Waals surface area contributed by atoms with E-state index in [1.165, 1.54) is 5.56 Å². The molecule has 2 N–H and O–H groups in total. The second-order valence-electron chi connectivity index (χ2n) is 6.25. The molecule has 1 amide bonds. The van der Waals surface area contributed by atoms with Gasteiger partial charge in [0.05, 0.1) is 5.02 Å². The van der Waals surface area contributed by atoms with Crippen LogP contribution < -0.4 is 5.32 Å². The molecular formula is C20H21ClN2O3S. The molecule has 0 radical (unpaired) electrons. The number of nitrogens with one attached hydrogen (secondary N) is 1. The number of aromatic nitrogens is 1. The fourth-order valence-corrected chi connectivity index (χ4v) is 4.03. The van der Waals surface area contributed by atoms with E-state index in [0.717, 1.165) is 6.42 Å². The van der Waals surface area contributed by atoms with E-state index in [1.54, 1.807) is 24.3 Å². The van der Waals surface area contributed by atoms with Crippen LogP contribution in [-0.2, 0) is 0 Å². The number of benzene rings is 1. The van der Waals surface area contributed by atoms with Crippen molar-refractivity contribution in [1.29, 1.82) is 0 Å². The van der Waals surface area contributed by atoms with E-state index in [2.05, 4.69) is 21.9 Å². The van der Waals surface area contributed by atoms with E-state index >= 15 is 0 Å². The second kappa shape index (κ2) is 9.17. The lowest BCUT2D eigenvalue weighted by Gasteiger charge is -2.15. The molecule has 0 saturated heterocycles. The fraction of sp³-hybridized carbons (Fsp3) is 0.300. The molecule has 0 fully saturated rings. The number of amides is 1. The van der Waals surface area contributed by atoms with Gasteiger partial charge in [-0.25, -0.2) is 0 Å². The zero-order chi connectivity index (χ0) is 19.2. The molecule has 27 heavy (non-hydrogen) atoms. The van der Waals surface area contributed by atoms with Gasteiger partial charge in [-0.1, -0.05) is 35.0 Å². The van der Waals surface area contributed by atoms with E-state index in [9.17, 15) is 9.90 Å². The summed E-state index contributed by atoms with van der Waals surface area (Å²) in [7, 11) is 0. The lowest BCUT2D eigenvalue weighted by molar-refractivity contribution is 0.0951. The van der Waals surface area contributed by atoms with E-state index in [4.69, 9.17) is 16.1 Å². The number of carbonyl (C=O) groups excluding carboxylic acids is 1. The Morgan fingerprint density at radius 1 is 1.33 bits per heavy atom. The molecule has 0 aliphatic rings. The molecule has 142 valence electrons. The molecule has 3 aromatic rings. The number of nitrogens with zero attached hydrogens (tertiary/aromatic N) is 1. The SMILES string of the molecule is Cc1onc(-c2ccccc2Cl)c1C(=O)NCCC(CCO)c1ccsc1. The maximum Gasteiger partial charge on any atom is 0.257 e. The predicted molar refractivity (Wildman–Crippen MR) is 107 cm³/mol. The number of halogens is 1. The minimum atomic E-state index is -0.239. The third-order valence-electron chi connectivity index (χ3n) is 4.49. The second-order valence-corrected chi connectivity index (χ2v) is 7.44. The molecule has 7 heteroatoms. The number of rotatable bonds is 8. The highest BCUT2D eigenvalue weighted by Crippen LogP contribution is 2.31. The maximum atomic E-state index is 12.8. The Kier molecular flexibility index (Phi) is 6.66. The van der Waals surface area contributed by atoms with Gasteiger partial charge in [-0.15, -0.1) is 0 Å². The smallest absolute Gasteiger partial charge is 0.257 e. The van der Waals surface area contributed by atoms with Gasteiger partial charge in [0.25, 0.3) is 5.91 Å². The number of aliphatic hydroxyl groups excluding tert-OH is 1. The van der Waals surface area contributed by atoms with Crippen LogP contribution in [0.5, 0.6) is 0 Å². The molecule has 0 saturated carbocycles. The zero-order valence-electron chi connectivity index (χ0n) is 14.9. The van der Waals surface area contributed by atoms with Crippen LogP contribution in [0.15, 0.2) is 45.6 Å². The first kappa shape index (κ1) is 19.6. The van der Waals surface area contributed by atoms with Crippen LogP contribution in [0.25, 0.3) is 11.3 Å². The Morgan fingerprint density at radius 2 is 2.15 bits per heavy atom. The minimum Gasteiger partial charge on any atom is -0.396 e. The summed E-state index contributed by atoms with van der Waals surface area (Å²) in [6.07, 6.45) is 1.42. The summed E-state index contributed by atoms with van der Waals surface area (Å²) in [6, 6.07) is 9.29. The number of aryl methyl sites for hydroxylation is 1. The van der Waals surface area contributed by atoms with E-state index in [1.807, 2.05) is 23.6 Å². The third kappa shape index (κ3) is 4.58. The maximum absolute atomic E-state index is 12.8. The lowest BCUT2D eigenvalue weighted by atomic mass is 9.95. The van der Waals surface area contributed by atoms with Crippen molar-refractivity contribution in [2.24, 2.45) is 0 Å². The van der Waals surface area contributed by atoms with E-state index in [-0.39, 0.29) is 18.4 Å². The van der Waals surface area contributed by atoms with Crippen LogP contribution in [0.4, 0.5) is 0 Å². The van der Waals surface area contributed by atoms with Gasteiger partial charge in [0.15, 0.2) is 0 Å². The third-order valence-corrected chi connectivity index (χ3v) is 5.52. The van der Waals surface area contributed by atoms with Gasteiger partial charge in [0, 0.05) is 18.7 Å². The Balaban J connectivity index is 1.70. The molecule has 2 heterocycles. The van der Waals surface area contributed by atoms with E-state index in [0.29, 0.717) is 40.6 Å². The number of hydrogen-bond acceptors (Lipinski definition) is 5. The van der Waals surface area contributed by atoms with Crippen molar-refractivity contribution in [1.82, 2.24) is 10.5 Å². The van der Waals surface area contributed by atoms with Gasteiger partial charge in [-0.05, 0) is 54.1 Å². The van der Waals surface area contributed by atoms with Crippen molar-refractivity contribution in [3.05, 3.63) is 63.0 Å². The van der Waals surface area contributed by atoms with Crippen molar-refractivity contribution < 1.29 is 14.4 Å². The highest BCUT2D eigenvalue weighted by molar-refractivity contribution is 7.08. The highest BCUT2D eigenvalue weighted by atomic mass is 35.5. The lowest BCUT2D eigenvalue weighted by Crippen LogP contribution is -2.26. The summed E-state index contributed by atoms with van der Waals surface area (Å²) in [5.41, 5.74) is 2.71.